The van der Waals surface area contributed by atoms with E-state index in [1.807, 2.05) is 60.7 Å². The molecule has 2 N–H and O–H groups in total. The molecule has 0 fully saturated rings. The molecule has 5 nitrogen and oxygen atoms in total. The van der Waals surface area contributed by atoms with Crippen LogP contribution in [0.4, 0.5) is 0 Å². The molecule has 29 heavy (non-hydrogen) atoms. The second-order valence-corrected chi connectivity index (χ2v) is 6.85. The summed E-state index contributed by atoms with van der Waals surface area (Å²) in [6, 6.07) is 21.2. The summed E-state index contributed by atoms with van der Waals surface area (Å²) < 4.78 is 5.58. The molecule has 3 aromatic rings. The summed E-state index contributed by atoms with van der Waals surface area (Å²) >= 11 is 0. The van der Waals surface area contributed by atoms with Crippen molar-refractivity contribution < 1.29 is 54.4 Å². The molecule has 6 heteroatoms. The van der Waals surface area contributed by atoms with Gasteiger partial charge in [-0.2, -0.15) is 0 Å². The van der Waals surface area contributed by atoms with Crippen molar-refractivity contribution in [1.29, 1.82) is 0 Å². The summed E-state index contributed by atoms with van der Waals surface area (Å²) in [5.41, 5.74) is 1.89. The van der Waals surface area contributed by atoms with E-state index in [9.17, 15) is 20.1 Å². The fourth-order valence-corrected chi connectivity index (χ4v) is 3.06. The van der Waals surface area contributed by atoms with Crippen molar-refractivity contribution in [3.05, 3.63) is 77.9 Å². The van der Waals surface area contributed by atoms with Crippen LogP contribution in [0, 0.1) is 0 Å². The SMILES string of the molecule is O=C([O-])CCC(O)COc1ccc2ccc(C(O)Cc3ccccc3)cc2c1.[Na+]. The quantitative estimate of drug-likeness (QED) is 0.466. The minimum atomic E-state index is -1.19. The van der Waals surface area contributed by atoms with Gasteiger partial charge in [0, 0.05) is 12.4 Å². The zero-order valence-electron chi connectivity index (χ0n) is 16.5. The van der Waals surface area contributed by atoms with Crippen LogP contribution in [0.1, 0.15) is 30.1 Å². The van der Waals surface area contributed by atoms with Crippen LogP contribution in [0.3, 0.4) is 0 Å². The van der Waals surface area contributed by atoms with Gasteiger partial charge >= 0.3 is 29.6 Å². The number of carboxylic acid groups (broad SMARTS) is 1. The van der Waals surface area contributed by atoms with E-state index < -0.39 is 18.2 Å². The predicted molar refractivity (Wildman–Crippen MR) is 105 cm³/mol. The van der Waals surface area contributed by atoms with Crippen LogP contribution in [0.2, 0.25) is 0 Å². The summed E-state index contributed by atoms with van der Waals surface area (Å²) in [5, 5.41) is 32.7. The average Bonchev–Trinajstić information content (AvgIpc) is 2.70. The van der Waals surface area contributed by atoms with Crippen molar-refractivity contribution in [2.75, 3.05) is 6.61 Å². The number of aliphatic hydroxyl groups is 2. The third kappa shape index (κ3) is 7.14. The van der Waals surface area contributed by atoms with E-state index in [4.69, 9.17) is 4.74 Å². The Labute approximate surface area is 192 Å². The first-order valence-electron chi connectivity index (χ1n) is 9.27. The first kappa shape index (κ1) is 23.4. The fraction of sp³-hybridized carbons (Fsp3) is 0.261. The number of aliphatic carboxylic acids is 1. The molecular weight excluding hydrogens is 379 g/mol. The van der Waals surface area contributed by atoms with Crippen LogP contribution in [0.15, 0.2) is 66.7 Å². The Hall–Kier alpha value is -1.89. The van der Waals surface area contributed by atoms with Gasteiger partial charge in [-0.05, 0) is 52.9 Å². The van der Waals surface area contributed by atoms with Gasteiger partial charge in [0.1, 0.15) is 12.4 Å². The van der Waals surface area contributed by atoms with E-state index >= 15 is 0 Å². The molecule has 2 atom stereocenters. The normalized spacial score (nSPS) is 12.8. The zero-order valence-corrected chi connectivity index (χ0v) is 18.5. The molecule has 0 heterocycles. The van der Waals surface area contributed by atoms with Gasteiger partial charge in [0.2, 0.25) is 0 Å². The maximum absolute atomic E-state index is 10.6. The number of carbonyl (C=O) groups is 1. The molecule has 0 saturated heterocycles. The van der Waals surface area contributed by atoms with Gasteiger partial charge < -0.3 is 24.9 Å². The first-order chi connectivity index (χ1) is 13.5. The number of hydrogen-bond donors (Lipinski definition) is 2. The first-order valence-corrected chi connectivity index (χ1v) is 9.27. The molecule has 146 valence electrons. The largest absolute Gasteiger partial charge is 1.00 e. The number of benzene rings is 3. The summed E-state index contributed by atoms with van der Waals surface area (Å²) in [5.74, 6) is -0.610. The van der Waals surface area contributed by atoms with Crippen LogP contribution in [0.5, 0.6) is 5.75 Å². The van der Waals surface area contributed by atoms with Gasteiger partial charge in [-0.25, -0.2) is 0 Å². The van der Waals surface area contributed by atoms with Crippen LogP contribution in [-0.2, 0) is 11.2 Å². The van der Waals surface area contributed by atoms with E-state index in [1.54, 1.807) is 6.07 Å². The number of rotatable bonds is 9. The van der Waals surface area contributed by atoms with Crippen LogP contribution >= 0.6 is 0 Å². The zero-order chi connectivity index (χ0) is 19.9. The Balaban J connectivity index is 0.00000300. The van der Waals surface area contributed by atoms with Crippen molar-refractivity contribution in [2.24, 2.45) is 0 Å². The molecule has 0 bridgehead atoms. The minimum Gasteiger partial charge on any atom is -0.550 e. The van der Waals surface area contributed by atoms with Gasteiger partial charge in [0.05, 0.1) is 12.2 Å². The smallest absolute Gasteiger partial charge is 0.550 e. The van der Waals surface area contributed by atoms with Crippen LogP contribution in [0.25, 0.3) is 10.8 Å². The maximum atomic E-state index is 10.6. The molecule has 0 amide bonds. The molecule has 2 unspecified atom stereocenters. The second-order valence-electron chi connectivity index (χ2n) is 6.85. The Kier molecular flexibility index (Phi) is 9.14. The summed E-state index contributed by atoms with van der Waals surface area (Å²) in [6.45, 7) is 0.00904. The van der Waals surface area contributed by atoms with Crippen molar-refractivity contribution in [3.8, 4) is 5.75 Å². The molecule has 0 saturated carbocycles. The molecule has 0 aliphatic rings. The maximum Gasteiger partial charge on any atom is 1.00 e. The molecule has 0 spiro atoms. The Morgan fingerprint density at radius 2 is 1.69 bits per heavy atom. The minimum absolute atomic E-state index is 0. The summed E-state index contributed by atoms with van der Waals surface area (Å²) in [7, 11) is 0. The standard InChI is InChI=1S/C23H24O5.Na/c24-20(9-11-23(26)27)15-28-21-10-8-17-6-7-18(13-19(17)14-21)22(25)12-16-4-2-1-3-5-16;/h1-8,10,13-14,20,22,24-25H,9,11-12,15H2,(H,26,27);/q;+1/p-1. The molecule has 0 aromatic heterocycles. The van der Waals surface area contributed by atoms with Gasteiger partial charge in [0.15, 0.2) is 0 Å². The predicted octanol–water partition coefficient (Wildman–Crippen LogP) is -0.610. The van der Waals surface area contributed by atoms with Crippen LogP contribution in [-0.4, -0.2) is 28.9 Å². The summed E-state index contributed by atoms with van der Waals surface area (Å²) in [4.78, 5) is 10.4. The van der Waals surface area contributed by atoms with Gasteiger partial charge in [-0.3, -0.25) is 0 Å². The molecule has 0 aliphatic carbocycles. The van der Waals surface area contributed by atoms with Crippen molar-refractivity contribution in [3.63, 3.8) is 0 Å². The van der Waals surface area contributed by atoms with Crippen molar-refractivity contribution >= 4 is 16.7 Å². The van der Waals surface area contributed by atoms with Crippen molar-refractivity contribution in [1.82, 2.24) is 0 Å². The molecular formula is C23H23NaO5. The Morgan fingerprint density at radius 1 is 0.966 bits per heavy atom. The number of carboxylic acids is 1. The second kappa shape index (κ2) is 11.3. The van der Waals surface area contributed by atoms with E-state index in [-0.39, 0.29) is 49.0 Å². The monoisotopic (exact) mass is 402 g/mol. The van der Waals surface area contributed by atoms with E-state index in [0.29, 0.717) is 12.2 Å². The third-order valence-electron chi connectivity index (χ3n) is 4.62. The van der Waals surface area contributed by atoms with E-state index in [0.717, 1.165) is 21.9 Å². The van der Waals surface area contributed by atoms with Gasteiger partial charge in [-0.15, -0.1) is 0 Å². The van der Waals surface area contributed by atoms with Gasteiger partial charge in [0.25, 0.3) is 0 Å². The number of fused-ring (bicyclic) bond motifs is 1. The molecule has 3 rings (SSSR count). The number of carbonyl (C=O) groups excluding carboxylic acids is 1. The Bertz CT molecular complexity index is 929. The molecule has 3 aromatic carbocycles. The number of hydrogen-bond acceptors (Lipinski definition) is 5. The van der Waals surface area contributed by atoms with Crippen LogP contribution < -0.4 is 39.4 Å². The third-order valence-corrected chi connectivity index (χ3v) is 4.62. The topological polar surface area (TPSA) is 89.8 Å². The number of aliphatic hydroxyl groups excluding tert-OH is 2. The summed E-state index contributed by atoms with van der Waals surface area (Å²) in [6.07, 6.45) is -1.06. The number of ether oxygens (including phenoxy) is 1. The van der Waals surface area contributed by atoms with Gasteiger partial charge in [-0.1, -0.05) is 48.5 Å². The Morgan fingerprint density at radius 3 is 2.41 bits per heavy atom. The van der Waals surface area contributed by atoms with E-state index in [1.165, 1.54) is 0 Å². The molecule has 0 radical (unpaired) electrons. The van der Waals surface area contributed by atoms with E-state index in [2.05, 4.69) is 0 Å². The molecule has 0 aliphatic heterocycles. The van der Waals surface area contributed by atoms with Crippen molar-refractivity contribution in [2.45, 2.75) is 31.5 Å². The fourth-order valence-electron chi connectivity index (χ4n) is 3.06. The average molecular weight is 402 g/mol.